The Kier molecular flexibility index (Phi) is 2.43. The van der Waals surface area contributed by atoms with Crippen molar-refractivity contribution in [2.75, 3.05) is 0 Å². The van der Waals surface area contributed by atoms with Gasteiger partial charge >= 0.3 is 0 Å². The molecule has 0 aliphatic carbocycles. The molecular formula is C8H4Cl2N2OS. The van der Waals surface area contributed by atoms with E-state index in [4.69, 9.17) is 23.2 Å². The smallest absolute Gasteiger partial charge is 0.262 e. The van der Waals surface area contributed by atoms with Crippen molar-refractivity contribution in [2.24, 2.45) is 0 Å². The second kappa shape index (κ2) is 3.46. The van der Waals surface area contributed by atoms with E-state index in [1.807, 2.05) is 0 Å². The summed E-state index contributed by atoms with van der Waals surface area (Å²) in [6.45, 7) is 1.78. The van der Waals surface area contributed by atoms with E-state index in [-0.39, 0.29) is 0 Å². The molecule has 2 rings (SSSR count). The van der Waals surface area contributed by atoms with E-state index >= 15 is 0 Å². The van der Waals surface area contributed by atoms with Gasteiger partial charge in [-0.3, -0.25) is 4.79 Å². The van der Waals surface area contributed by atoms with Crippen LogP contribution in [0.1, 0.15) is 15.2 Å². The molecular weight excluding hydrogens is 243 g/mol. The van der Waals surface area contributed by atoms with Crippen molar-refractivity contribution < 1.29 is 4.79 Å². The molecule has 14 heavy (non-hydrogen) atoms. The third kappa shape index (κ3) is 1.39. The van der Waals surface area contributed by atoms with E-state index < -0.39 is 5.24 Å². The highest BCUT2D eigenvalue weighted by Gasteiger charge is 2.16. The summed E-state index contributed by atoms with van der Waals surface area (Å²) in [5.74, 6) is 0. The monoisotopic (exact) mass is 246 g/mol. The maximum atomic E-state index is 11.0. The SMILES string of the molecule is Cc1c(C(=O)Cl)sc2ncnc(Cl)c12. The molecule has 3 nitrogen and oxygen atoms in total. The highest BCUT2D eigenvalue weighted by molar-refractivity contribution is 7.22. The number of aromatic nitrogens is 2. The quantitative estimate of drug-likeness (QED) is 0.574. The Bertz CT molecular complexity index is 523. The van der Waals surface area contributed by atoms with Crippen molar-refractivity contribution in [1.29, 1.82) is 0 Å². The van der Waals surface area contributed by atoms with Crippen LogP contribution in [0.15, 0.2) is 6.33 Å². The predicted molar refractivity (Wildman–Crippen MR) is 57.3 cm³/mol. The number of carbonyl (C=O) groups excluding carboxylic acids is 1. The van der Waals surface area contributed by atoms with Gasteiger partial charge in [-0.1, -0.05) is 11.6 Å². The summed E-state index contributed by atoms with van der Waals surface area (Å²) in [6, 6.07) is 0. The summed E-state index contributed by atoms with van der Waals surface area (Å²) in [5.41, 5.74) is 0.746. The van der Waals surface area contributed by atoms with Crippen molar-refractivity contribution in [3.63, 3.8) is 0 Å². The first kappa shape index (κ1) is 9.83. The minimum atomic E-state index is -0.485. The molecule has 0 bridgehead atoms. The van der Waals surface area contributed by atoms with E-state index in [1.54, 1.807) is 6.92 Å². The van der Waals surface area contributed by atoms with Crippen molar-refractivity contribution in [2.45, 2.75) is 6.92 Å². The summed E-state index contributed by atoms with van der Waals surface area (Å²) >= 11 is 12.5. The first-order valence-electron chi connectivity index (χ1n) is 3.70. The van der Waals surface area contributed by atoms with Crippen molar-refractivity contribution in [3.05, 3.63) is 21.9 Å². The molecule has 0 N–H and O–H groups in total. The molecule has 0 aliphatic rings. The molecule has 0 fully saturated rings. The second-order valence-electron chi connectivity index (χ2n) is 2.67. The van der Waals surface area contributed by atoms with Crippen LogP contribution in [0.5, 0.6) is 0 Å². The van der Waals surface area contributed by atoms with Gasteiger partial charge in [-0.05, 0) is 24.1 Å². The number of rotatable bonds is 1. The standard InChI is InChI=1S/C8H4Cl2N2OS/c1-3-4-6(9)11-2-12-8(4)14-5(3)7(10)13/h2H,1H3. The van der Waals surface area contributed by atoms with Crippen molar-refractivity contribution in [3.8, 4) is 0 Å². The molecule has 72 valence electrons. The molecule has 0 amide bonds. The molecule has 0 unspecified atom stereocenters. The summed E-state index contributed by atoms with van der Waals surface area (Å²) in [6.07, 6.45) is 1.36. The van der Waals surface area contributed by atoms with Crippen molar-refractivity contribution in [1.82, 2.24) is 9.97 Å². The molecule has 2 aromatic heterocycles. The van der Waals surface area contributed by atoms with E-state index in [0.717, 1.165) is 5.56 Å². The topological polar surface area (TPSA) is 42.9 Å². The Morgan fingerprint density at radius 3 is 2.79 bits per heavy atom. The maximum absolute atomic E-state index is 11.0. The Morgan fingerprint density at radius 1 is 1.50 bits per heavy atom. The van der Waals surface area contributed by atoms with Crippen LogP contribution in [-0.4, -0.2) is 15.2 Å². The van der Waals surface area contributed by atoms with Crippen LogP contribution >= 0.6 is 34.5 Å². The fraction of sp³-hybridized carbons (Fsp3) is 0.125. The van der Waals surface area contributed by atoms with Crippen LogP contribution < -0.4 is 0 Å². The molecule has 0 saturated carbocycles. The zero-order valence-corrected chi connectivity index (χ0v) is 9.37. The Labute approximate surface area is 93.7 Å². The highest BCUT2D eigenvalue weighted by Crippen LogP contribution is 2.33. The first-order chi connectivity index (χ1) is 6.61. The Hall–Kier alpha value is -0.710. The van der Waals surface area contributed by atoms with Gasteiger partial charge in [-0.25, -0.2) is 9.97 Å². The number of halogens is 2. The molecule has 0 aromatic carbocycles. The van der Waals surface area contributed by atoms with Gasteiger partial charge in [0.15, 0.2) is 0 Å². The normalized spacial score (nSPS) is 10.8. The van der Waals surface area contributed by atoms with E-state index in [9.17, 15) is 4.79 Å². The lowest BCUT2D eigenvalue weighted by Crippen LogP contribution is -1.86. The zero-order chi connectivity index (χ0) is 10.3. The second-order valence-corrected chi connectivity index (χ2v) is 4.37. The largest absolute Gasteiger partial charge is 0.275 e. The van der Waals surface area contributed by atoms with Gasteiger partial charge in [-0.2, -0.15) is 0 Å². The number of nitrogens with zero attached hydrogens (tertiary/aromatic N) is 2. The summed E-state index contributed by atoms with van der Waals surface area (Å²) < 4.78 is 0. The van der Waals surface area contributed by atoms with E-state index in [0.29, 0.717) is 20.2 Å². The van der Waals surface area contributed by atoms with Gasteiger partial charge in [0.25, 0.3) is 5.24 Å². The molecule has 0 saturated heterocycles. The number of fused-ring (bicyclic) bond motifs is 1. The van der Waals surface area contributed by atoms with Gasteiger partial charge in [0, 0.05) is 0 Å². The fourth-order valence-corrected chi connectivity index (χ4v) is 2.78. The van der Waals surface area contributed by atoms with E-state index in [2.05, 4.69) is 9.97 Å². The lowest BCUT2D eigenvalue weighted by molar-refractivity contribution is 0.108. The molecule has 0 atom stereocenters. The molecule has 2 heterocycles. The average Bonchev–Trinajstić information content (AvgIpc) is 2.45. The number of thiophene rings is 1. The first-order valence-corrected chi connectivity index (χ1v) is 5.28. The molecule has 0 spiro atoms. The van der Waals surface area contributed by atoms with E-state index in [1.165, 1.54) is 17.7 Å². The predicted octanol–water partition coefficient (Wildman–Crippen LogP) is 3.03. The van der Waals surface area contributed by atoms with Crippen molar-refractivity contribution >= 4 is 50.0 Å². The third-order valence-corrected chi connectivity index (χ3v) is 3.65. The molecule has 0 aliphatic heterocycles. The molecule has 6 heteroatoms. The summed E-state index contributed by atoms with van der Waals surface area (Å²) in [7, 11) is 0. The van der Waals surface area contributed by atoms with Crippen LogP contribution in [0.3, 0.4) is 0 Å². The minimum absolute atomic E-state index is 0.355. The fourth-order valence-electron chi connectivity index (χ4n) is 1.22. The van der Waals surface area contributed by atoms with Gasteiger partial charge in [0.1, 0.15) is 16.3 Å². The molecule has 2 aromatic rings. The van der Waals surface area contributed by atoms with Gasteiger partial charge in [0.05, 0.1) is 10.3 Å². The van der Waals surface area contributed by atoms with Gasteiger partial charge in [0.2, 0.25) is 0 Å². The number of carbonyl (C=O) groups is 1. The minimum Gasteiger partial charge on any atom is -0.275 e. The van der Waals surface area contributed by atoms with Crippen LogP contribution in [0.4, 0.5) is 0 Å². The number of hydrogen-bond donors (Lipinski definition) is 0. The lowest BCUT2D eigenvalue weighted by atomic mass is 10.2. The third-order valence-electron chi connectivity index (χ3n) is 1.86. The summed E-state index contributed by atoms with van der Waals surface area (Å²) in [4.78, 5) is 20.1. The molecule has 0 radical (unpaired) electrons. The van der Waals surface area contributed by atoms with Crippen LogP contribution in [0.25, 0.3) is 10.2 Å². The lowest BCUT2D eigenvalue weighted by Gasteiger charge is -1.92. The average molecular weight is 247 g/mol. The highest BCUT2D eigenvalue weighted by atomic mass is 35.5. The Morgan fingerprint density at radius 2 is 2.21 bits per heavy atom. The zero-order valence-electron chi connectivity index (χ0n) is 7.04. The van der Waals surface area contributed by atoms with Crippen LogP contribution in [0.2, 0.25) is 5.15 Å². The van der Waals surface area contributed by atoms with Gasteiger partial charge in [-0.15, -0.1) is 11.3 Å². The number of hydrogen-bond acceptors (Lipinski definition) is 4. The summed E-state index contributed by atoms with van der Waals surface area (Å²) in [5, 5.41) is 0.581. The van der Waals surface area contributed by atoms with Gasteiger partial charge < -0.3 is 0 Å². The maximum Gasteiger partial charge on any atom is 0.262 e. The Balaban J connectivity index is 2.87. The van der Waals surface area contributed by atoms with Crippen LogP contribution in [0, 0.1) is 6.92 Å². The van der Waals surface area contributed by atoms with Crippen LogP contribution in [-0.2, 0) is 0 Å². The number of aryl methyl sites for hydroxylation is 1.